The lowest BCUT2D eigenvalue weighted by molar-refractivity contribution is -0.143. The topological polar surface area (TPSA) is 112 Å². The Labute approximate surface area is 215 Å². The zero-order chi connectivity index (χ0) is 27.0. The van der Waals surface area contributed by atoms with E-state index in [-0.39, 0.29) is 59.1 Å². The van der Waals surface area contributed by atoms with E-state index < -0.39 is 28.8 Å². The molecule has 0 radical (unpaired) electrons. The Kier molecular flexibility index (Phi) is 6.69. The minimum Gasteiger partial charge on any atom is -0.481 e. The van der Waals surface area contributed by atoms with Crippen LogP contribution in [0.15, 0.2) is 11.1 Å². The monoisotopic (exact) mass is 502 g/mol. The Morgan fingerprint density at radius 3 is 2.25 bits per heavy atom. The molecule has 4 rings (SSSR count). The van der Waals surface area contributed by atoms with Crippen molar-refractivity contribution >= 4 is 17.5 Å². The van der Waals surface area contributed by atoms with Crippen LogP contribution in [-0.2, 0) is 14.4 Å². The number of ketones is 2. The summed E-state index contributed by atoms with van der Waals surface area (Å²) >= 11 is 0. The largest absolute Gasteiger partial charge is 0.481 e. The first-order valence-electron chi connectivity index (χ1n) is 13.9. The minimum atomic E-state index is -0.966. The highest BCUT2D eigenvalue weighted by atomic mass is 16.4. The van der Waals surface area contributed by atoms with Crippen LogP contribution in [0.5, 0.6) is 0 Å². The number of aliphatic carboxylic acids is 1. The van der Waals surface area contributed by atoms with Crippen molar-refractivity contribution in [2.24, 2.45) is 45.3 Å². The predicted octanol–water partition coefficient (Wildman–Crippen LogP) is 4.95. The van der Waals surface area contributed by atoms with Gasteiger partial charge in [0.25, 0.3) is 0 Å². The molecule has 4 aliphatic rings. The smallest absolute Gasteiger partial charge is 0.306 e. The molecule has 9 atom stereocenters. The van der Waals surface area contributed by atoms with E-state index in [1.54, 1.807) is 6.92 Å². The average molecular weight is 503 g/mol. The van der Waals surface area contributed by atoms with Crippen LogP contribution in [0.3, 0.4) is 0 Å². The Balaban J connectivity index is 1.69. The SMILES string of the molecule is C[C@H](CC(=O)C[C@@H](C)[C@H]1C[C@H](O)[C@@]2(C)C3=C(C(=O)C[C@]12C)[C@@]1(C)CC[C@H](O)C(C)(C)[C@@H]1CC3)C(=O)O. The molecule has 4 aliphatic carbocycles. The lowest BCUT2D eigenvalue weighted by Gasteiger charge is -2.61. The van der Waals surface area contributed by atoms with Crippen LogP contribution in [0.2, 0.25) is 0 Å². The fraction of sp³-hybridized carbons (Fsp3) is 0.833. The molecule has 36 heavy (non-hydrogen) atoms. The summed E-state index contributed by atoms with van der Waals surface area (Å²) in [6.45, 7) is 14.3. The fourth-order valence-corrected chi connectivity index (χ4v) is 9.45. The molecule has 6 heteroatoms. The number of carbonyl (C=O) groups excluding carboxylic acids is 2. The number of hydrogen-bond acceptors (Lipinski definition) is 5. The van der Waals surface area contributed by atoms with Gasteiger partial charge >= 0.3 is 5.97 Å². The van der Waals surface area contributed by atoms with Gasteiger partial charge in [-0.15, -0.1) is 0 Å². The van der Waals surface area contributed by atoms with Crippen molar-refractivity contribution in [3.63, 3.8) is 0 Å². The maximum atomic E-state index is 14.1. The summed E-state index contributed by atoms with van der Waals surface area (Å²) in [7, 11) is 0. The molecule has 6 nitrogen and oxygen atoms in total. The first-order chi connectivity index (χ1) is 16.5. The lowest BCUT2D eigenvalue weighted by atomic mass is 9.43. The van der Waals surface area contributed by atoms with Crippen molar-refractivity contribution in [3.05, 3.63) is 11.1 Å². The van der Waals surface area contributed by atoms with Crippen LogP contribution in [-0.4, -0.2) is 45.1 Å². The summed E-state index contributed by atoms with van der Waals surface area (Å²) in [5, 5.41) is 31.6. The number of hydrogen-bond donors (Lipinski definition) is 3. The second-order valence-electron chi connectivity index (χ2n) is 14.0. The summed E-state index contributed by atoms with van der Waals surface area (Å²) in [6.07, 6.45) is 3.34. The van der Waals surface area contributed by atoms with Gasteiger partial charge in [-0.3, -0.25) is 14.4 Å². The van der Waals surface area contributed by atoms with Crippen molar-refractivity contribution in [3.8, 4) is 0 Å². The molecule has 0 aromatic carbocycles. The van der Waals surface area contributed by atoms with Gasteiger partial charge < -0.3 is 15.3 Å². The van der Waals surface area contributed by atoms with E-state index in [2.05, 4.69) is 34.6 Å². The molecule has 0 amide bonds. The summed E-state index contributed by atoms with van der Waals surface area (Å²) in [6, 6.07) is 0. The highest BCUT2D eigenvalue weighted by Gasteiger charge is 2.68. The molecule has 0 aromatic heterocycles. The lowest BCUT2D eigenvalue weighted by Crippen LogP contribution is -2.58. The van der Waals surface area contributed by atoms with Gasteiger partial charge in [-0.25, -0.2) is 0 Å². The number of carboxylic acid groups (broad SMARTS) is 1. The average Bonchev–Trinajstić information content (AvgIpc) is 2.97. The van der Waals surface area contributed by atoms with Crippen molar-refractivity contribution in [1.82, 2.24) is 0 Å². The molecule has 3 N–H and O–H groups in total. The minimum absolute atomic E-state index is 0.00488. The van der Waals surface area contributed by atoms with Gasteiger partial charge in [0.15, 0.2) is 5.78 Å². The van der Waals surface area contributed by atoms with Crippen LogP contribution in [0.25, 0.3) is 0 Å². The van der Waals surface area contributed by atoms with E-state index in [1.807, 2.05) is 6.92 Å². The third-order valence-electron chi connectivity index (χ3n) is 11.8. The summed E-state index contributed by atoms with van der Waals surface area (Å²) in [5.41, 5.74) is 0.474. The zero-order valence-corrected chi connectivity index (χ0v) is 23.2. The maximum Gasteiger partial charge on any atom is 0.306 e. The molecule has 0 unspecified atom stereocenters. The molecule has 0 bridgehead atoms. The maximum absolute atomic E-state index is 14.1. The van der Waals surface area contributed by atoms with Crippen LogP contribution >= 0.6 is 0 Å². The van der Waals surface area contributed by atoms with Gasteiger partial charge in [-0.2, -0.15) is 0 Å². The molecule has 0 aromatic rings. The van der Waals surface area contributed by atoms with Crippen LogP contribution in [0.1, 0.15) is 99.8 Å². The first-order valence-corrected chi connectivity index (χ1v) is 13.9. The van der Waals surface area contributed by atoms with Gasteiger partial charge in [0.05, 0.1) is 18.1 Å². The number of allylic oxidation sites excluding steroid dienone is 1. The Morgan fingerprint density at radius 1 is 1.00 bits per heavy atom. The standard InChI is InChI=1S/C30H46O6/c1-16(12-18(31)13-17(2)26(35)36)20-14-24(34)30(7)19-8-9-22-27(3,4)23(33)10-11-28(22,5)25(19)21(32)15-29(20,30)6/h16-17,20,22-24,33-34H,8-15H2,1-7H3,(H,35,36)/t16-,17-,20-,22+,23+,24+,28+,29-,30-/m1/s1. The Morgan fingerprint density at radius 2 is 1.64 bits per heavy atom. The van der Waals surface area contributed by atoms with Crippen LogP contribution in [0.4, 0.5) is 0 Å². The molecule has 0 saturated heterocycles. The van der Waals surface area contributed by atoms with Crippen LogP contribution < -0.4 is 0 Å². The molecule has 202 valence electrons. The number of aliphatic hydroxyl groups excluding tert-OH is 2. The molecule has 0 spiro atoms. The normalized spacial score (nSPS) is 43.3. The molecular formula is C30H46O6. The van der Waals surface area contributed by atoms with Crippen molar-refractivity contribution in [2.75, 3.05) is 0 Å². The predicted molar refractivity (Wildman–Crippen MR) is 137 cm³/mol. The Bertz CT molecular complexity index is 995. The van der Waals surface area contributed by atoms with Crippen molar-refractivity contribution in [1.29, 1.82) is 0 Å². The molecule has 2 saturated carbocycles. The highest BCUT2D eigenvalue weighted by Crippen LogP contribution is 2.71. The van der Waals surface area contributed by atoms with Crippen molar-refractivity contribution in [2.45, 2.75) is 112 Å². The molecular weight excluding hydrogens is 456 g/mol. The summed E-state index contributed by atoms with van der Waals surface area (Å²) in [4.78, 5) is 38.0. The number of fused-ring (bicyclic) bond motifs is 4. The zero-order valence-electron chi connectivity index (χ0n) is 23.2. The van der Waals surface area contributed by atoms with Gasteiger partial charge in [-0.05, 0) is 66.1 Å². The number of carbonyl (C=O) groups is 3. The number of aliphatic hydroxyl groups is 2. The van der Waals surface area contributed by atoms with E-state index in [0.717, 1.165) is 30.4 Å². The second-order valence-corrected chi connectivity index (χ2v) is 14.0. The van der Waals surface area contributed by atoms with Crippen molar-refractivity contribution < 1.29 is 29.7 Å². The number of Topliss-reactive ketones (excluding diaryl/α,β-unsaturated/α-hetero) is 2. The van der Waals surface area contributed by atoms with Gasteiger partial charge in [-0.1, -0.05) is 54.0 Å². The number of carboxylic acids is 1. The van der Waals surface area contributed by atoms with E-state index in [0.29, 0.717) is 19.3 Å². The first kappa shape index (κ1) is 27.5. The second kappa shape index (κ2) is 8.76. The van der Waals surface area contributed by atoms with Crippen LogP contribution in [0, 0.1) is 45.3 Å². The van der Waals surface area contributed by atoms with E-state index in [4.69, 9.17) is 0 Å². The molecule has 0 heterocycles. The molecule has 2 fully saturated rings. The van der Waals surface area contributed by atoms with E-state index in [1.165, 1.54) is 0 Å². The van der Waals surface area contributed by atoms with E-state index >= 15 is 0 Å². The Hall–Kier alpha value is -1.53. The van der Waals surface area contributed by atoms with Gasteiger partial charge in [0, 0.05) is 30.3 Å². The van der Waals surface area contributed by atoms with Gasteiger partial charge in [0.1, 0.15) is 5.78 Å². The summed E-state index contributed by atoms with van der Waals surface area (Å²) in [5.74, 6) is -1.40. The van der Waals surface area contributed by atoms with E-state index in [9.17, 15) is 29.7 Å². The third kappa shape index (κ3) is 3.68. The molecule has 0 aliphatic heterocycles. The summed E-state index contributed by atoms with van der Waals surface area (Å²) < 4.78 is 0. The number of rotatable bonds is 6. The quantitative estimate of drug-likeness (QED) is 0.474. The third-order valence-corrected chi connectivity index (χ3v) is 11.8. The fourth-order valence-electron chi connectivity index (χ4n) is 9.45. The highest BCUT2D eigenvalue weighted by molar-refractivity contribution is 6.00. The van der Waals surface area contributed by atoms with Gasteiger partial charge in [0.2, 0.25) is 0 Å².